The van der Waals surface area contributed by atoms with Crippen molar-refractivity contribution in [2.24, 2.45) is 11.7 Å². The number of aromatic amines is 1. The zero-order chi connectivity index (χ0) is 23.7. The van der Waals surface area contributed by atoms with Gasteiger partial charge in [-0.05, 0) is 73.0 Å². The summed E-state index contributed by atoms with van der Waals surface area (Å²) in [6, 6.07) is 9.99. The lowest BCUT2D eigenvalue weighted by molar-refractivity contribution is -0.173. The van der Waals surface area contributed by atoms with Crippen LogP contribution in [0.4, 0.5) is 0 Å². The number of piperidine rings is 1. The van der Waals surface area contributed by atoms with E-state index in [0.29, 0.717) is 18.6 Å². The molecule has 2 aromatic carbocycles. The number of hydrogen-bond acceptors (Lipinski definition) is 5. The average Bonchev–Trinajstić information content (AvgIpc) is 3.46. The lowest BCUT2D eigenvalue weighted by atomic mass is 9.49. The second-order valence-corrected chi connectivity index (χ2v) is 11.5. The van der Waals surface area contributed by atoms with Gasteiger partial charge in [-0.3, -0.25) is 10.3 Å². The molecule has 3 aliphatic carbocycles. The Morgan fingerprint density at radius 3 is 2.91 bits per heavy atom. The molecular formula is C28H30N4O3. The predicted molar refractivity (Wildman–Crippen MR) is 132 cm³/mol. The fourth-order valence-corrected chi connectivity index (χ4v) is 8.00. The molecule has 2 bridgehead atoms. The van der Waals surface area contributed by atoms with Crippen LogP contribution in [-0.4, -0.2) is 50.7 Å². The second kappa shape index (κ2) is 6.39. The first kappa shape index (κ1) is 20.2. The van der Waals surface area contributed by atoms with E-state index in [4.69, 9.17) is 15.9 Å². The van der Waals surface area contributed by atoms with Gasteiger partial charge in [0.2, 0.25) is 0 Å². The number of ether oxygens (including phenoxy) is 1. The van der Waals surface area contributed by atoms with Gasteiger partial charge in [-0.1, -0.05) is 12.1 Å². The minimum absolute atomic E-state index is 0.0180. The molecule has 1 aromatic heterocycles. The van der Waals surface area contributed by atoms with Crippen molar-refractivity contribution in [1.29, 1.82) is 5.41 Å². The standard InChI is InChI=1S/C28H30N4O3/c29-22(30)10-15-3-5-19-17(9-15)18-12-28(34)21-11-16-4-6-20(33)25-23(16)27(28,26(35-25)24(18)31-19)7-8-32(21)13-14-1-2-14/h3-6,9,14,21,26,31,33-34H,1-2,7-8,10-13H2,(H3,29,30)/t21-,26+,27+,28-/m1/s1. The lowest BCUT2D eigenvalue weighted by Gasteiger charge is -2.62. The molecule has 0 radical (unpaired) electrons. The molecule has 8 rings (SSSR count). The van der Waals surface area contributed by atoms with E-state index >= 15 is 0 Å². The average molecular weight is 471 g/mol. The predicted octanol–water partition coefficient (Wildman–Crippen LogP) is 3.05. The Bertz CT molecular complexity index is 1440. The summed E-state index contributed by atoms with van der Waals surface area (Å²) in [5, 5.41) is 32.5. The number of nitrogens with two attached hydrogens (primary N) is 1. The third-order valence-electron chi connectivity index (χ3n) is 9.62. The zero-order valence-corrected chi connectivity index (χ0v) is 19.6. The summed E-state index contributed by atoms with van der Waals surface area (Å²) in [6.45, 7) is 1.99. The molecule has 1 saturated heterocycles. The third-order valence-corrected chi connectivity index (χ3v) is 9.62. The largest absolute Gasteiger partial charge is 0.504 e. The molecule has 0 amide bonds. The molecule has 180 valence electrons. The summed E-state index contributed by atoms with van der Waals surface area (Å²) < 4.78 is 6.64. The van der Waals surface area contributed by atoms with Crippen LogP contribution in [0.1, 0.15) is 53.3 Å². The molecule has 3 heterocycles. The Kier molecular flexibility index (Phi) is 3.69. The Morgan fingerprint density at radius 1 is 1.26 bits per heavy atom. The quantitative estimate of drug-likeness (QED) is 0.297. The van der Waals surface area contributed by atoms with Crippen molar-refractivity contribution in [3.05, 3.63) is 58.3 Å². The van der Waals surface area contributed by atoms with E-state index in [1.165, 1.54) is 18.4 Å². The fourth-order valence-electron chi connectivity index (χ4n) is 8.00. The van der Waals surface area contributed by atoms with Gasteiger partial charge in [0.05, 0.1) is 22.5 Å². The maximum atomic E-state index is 12.9. The van der Waals surface area contributed by atoms with E-state index in [-0.39, 0.29) is 23.7 Å². The molecule has 0 unspecified atom stereocenters. The lowest BCUT2D eigenvalue weighted by Crippen LogP contribution is -2.74. The van der Waals surface area contributed by atoms with E-state index in [0.717, 1.165) is 65.1 Å². The topological polar surface area (TPSA) is 119 Å². The van der Waals surface area contributed by atoms with Crippen molar-refractivity contribution in [2.75, 3.05) is 13.1 Å². The molecule has 1 saturated carbocycles. The van der Waals surface area contributed by atoms with Crippen LogP contribution in [-0.2, 0) is 24.7 Å². The number of benzene rings is 2. The monoisotopic (exact) mass is 470 g/mol. The molecule has 7 heteroatoms. The summed E-state index contributed by atoms with van der Waals surface area (Å²) in [5.74, 6) is 1.61. The number of rotatable bonds is 4. The van der Waals surface area contributed by atoms with E-state index < -0.39 is 11.0 Å². The van der Waals surface area contributed by atoms with Crippen molar-refractivity contribution in [1.82, 2.24) is 9.88 Å². The number of phenols is 1. The number of aromatic hydroxyl groups is 1. The highest BCUT2D eigenvalue weighted by Gasteiger charge is 2.72. The minimum atomic E-state index is -0.991. The number of aliphatic hydroxyl groups is 1. The van der Waals surface area contributed by atoms with E-state index in [2.05, 4.69) is 16.0 Å². The van der Waals surface area contributed by atoms with Crippen LogP contribution in [0, 0.1) is 11.3 Å². The van der Waals surface area contributed by atoms with Crippen molar-refractivity contribution < 1.29 is 14.9 Å². The first-order valence-corrected chi connectivity index (χ1v) is 12.8. The summed E-state index contributed by atoms with van der Waals surface area (Å²) >= 11 is 0. The van der Waals surface area contributed by atoms with E-state index in [1.807, 2.05) is 18.2 Å². The van der Waals surface area contributed by atoms with Crippen LogP contribution < -0.4 is 10.5 Å². The first-order valence-electron chi connectivity index (χ1n) is 12.8. The molecule has 3 aromatic rings. The zero-order valence-electron chi connectivity index (χ0n) is 19.6. The highest BCUT2D eigenvalue weighted by atomic mass is 16.5. The van der Waals surface area contributed by atoms with Crippen LogP contribution in [0.25, 0.3) is 10.9 Å². The molecule has 2 fully saturated rings. The molecule has 7 nitrogen and oxygen atoms in total. The normalized spacial score (nSPS) is 32.3. The Balaban J connectivity index is 1.37. The van der Waals surface area contributed by atoms with Crippen LogP contribution in [0.2, 0.25) is 0 Å². The van der Waals surface area contributed by atoms with Crippen molar-refractivity contribution in [2.45, 2.75) is 61.7 Å². The number of amidine groups is 1. The number of nitrogens with one attached hydrogen (secondary N) is 2. The SMILES string of the molecule is N=C(N)Cc1ccc2[nH]c3c(c2c1)C[C@@]1(O)[C@H]2Cc4ccc(O)c5c4[C@@]1(CCN2CC1CC1)[C@H]3O5. The molecule has 35 heavy (non-hydrogen) atoms. The fraction of sp³-hybridized carbons (Fsp3) is 0.464. The van der Waals surface area contributed by atoms with Gasteiger partial charge >= 0.3 is 0 Å². The van der Waals surface area contributed by atoms with Gasteiger partial charge in [-0.15, -0.1) is 0 Å². The summed E-state index contributed by atoms with van der Waals surface area (Å²) in [6.07, 6.45) is 4.75. The highest BCUT2D eigenvalue weighted by molar-refractivity contribution is 5.88. The van der Waals surface area contributed by atoms with Gasteiger partial charge in [0.15, 0.2) is 17.6 Å². The Labute approximate surface area is 203 Å². The molecule has 1 spiro atoms. The minimum Gasteiger partial charge on any atom is -0.504 e. The summed E-state index contributed by atoms with van der Waals surface area (Å²) in [5.41, 5.74) is 10.5. The number of phenolic OH excluding ortho intramolecular Hbond substituents is 1. The maximum Gasteiger partial charge on any atom is 0.166 e. The van der Waals surface area contributed by atoms with Crippen LogP contribution in [0.5, 0.6) is 11.5 Å². The van der Waals surface area contributed by atoms with Gasteiger partial charge in [0, 0.05) is 41.9 Å². The summed E-state index contributed by atoms with van der Waals surface area (Å²) in [4.78, 5) is 6.19. The third kappa shape index (κ3) is 2.40. The Hall–Kier alpha value is -3.03. The number of fused-ring (bicyclic) bond motifs is 4. The second-order valence-electron chi connectivity index (χ2n) is 11.5. The van der Waals surface area contributed by atoms with Crippen molar-refractivity contribution in [3.63, 3.8) is 0 Å². The van der Waals surface area contributed by atoms with Crippen LogP contribution in [0.3, 0.4) is 0 Å². The van der Waals surface area contributed by atoms with Crippen molar-refractivity contribution in [3.8, 4) is 11.5 Å². The maximum absolute atomic E-state index is 12.9. The van der Waals surface area contributed by atoms with Gasteiger partial charge in [-0.25, -0.2) is 0 Å². The number of H-pyrrole nitrogens is 1. The van der Waals surface area contributed by atoms with Gasteiger partial charge in [0.1, 0.15) is 0 Å². The Morgan fingerprint density at radius 2 is 2.11 bits per heavy atom. The van der Waals surface area contributed by atoms with E-state index in [1.54, 1.807) is 6.07 Å². The van der Waals surface area contributed by atoms with Crippen LogP contribution >= 0.6 is 0 Å². The van der Waals surface area contributed by atoms with Gasteiger partial charge < -0.3 is 25.7 Å². The number of hydrogen-bond donors (Lipinski definition) is 5. The van der Waals surface area contributed by atoms with E-state index in [9.17, 15) is 10.2 Å². The molecule has 5 aliphatic rings. The van der Waals surface area contributed by atoms with Crippen LogP contribution in [0.15, 0.2) is 30.3 Å². The number of nitrogens with zero attached hydrogens (tertiary/aromatic N) is 1. The van der Waals surface area contributed by atoms with Gasteiger partial charge in [-0.2, -0.15) is 0 Å². The number of aromatic nitrogens is 1. The molecule has 6 N–H and O–H groups in total. The number of likely N-dealkylation sites (tertiary alicyclic amines) is 1. The molecule has 4 atom stereocenters. The van der Waals surface area contributed by atoms with Gasteiger partial charge in [0.25, 0.3) is 0 Å². The molecular weight excluding hydrogens is 440 g/mol. The van der Waals surface area contributed by atoms with Crippen molar-refractivity contribution >= 4 is 16.7 Å². The first-order chi connectivity index (χ1) is 16.9. The smallest absolute Gasteiger partial charge is 0.166 e. The molecule has 2 aliphatic heterocycles. The summed E-state index contributed by atoms with van der Waals surface area (Å²) in [7, 11) is 0. The highest BCUT2D eigenvalue weighted by Crippen LogP contribution is 2.69.